The molecular formula is C15H21FN2O2. The molecule has 0 spiro atoms. The number of carbonyl (C=O) groups is 1. The molecule has 3 unspecified atom stereocenters. The smallest absolute Gasteiger partial charge is 0.340 e. The molecule has 1 aliphatic rings. The van der Waals surface area contributed by atoms with Crippen LogP contribution in [0.4, 0.5) is 15.8 Å². The molecule has 2 rings (SSSR count). The molecule has 0 amide bonds. The van der Waals surface area contributed by atoms with Crippen molar-refractivity contribution in [3.8, 4) is 0 Å². The van der Waals surface area contributed by atoms with Crippen LogP contribution < -0.4 is 11.1 Å². The van der Waals surface area contributed by atoms with Gasteiger partial charge in [-0.2, -0.15) is 0 Å². The lowest BCUT2D eigenvalue weighted by molar-refractivity contribution is 0.0698. The minimum absolute atomic E-state index is 0.170. The first-order valence-electron chi connectivity index (χ1n) is 6.98. The lowest BCUT2D eigenvalue weighted by atomic mass is 9.79. The van der Waals surface area contributed by atoms with Crippen molar-refractivity contribution in [1.82, 2.24) is 0 Å². The molecule has 0 heterocycles. The summed E-state index contributed by atoms with van der Waals surface area (Å²) >= 11 is 0. The molecule has 0 saturated heterocycles. The number of carboxylic acids is 1. The van der Waals surface area contributed by atoms with Crippen LogP contribution >= 0.6 is 0 Å². The first kappa shape index (κ1) is 14.6. The fourth-order valence-electron chi connectivity index (χ4n) is 2.84. The molecule has 110 valence electrons. The quantitative estimate of drug-likeness (QED) is 0.742. The molecule has 4 N–H and O–H groups in total. The van der Waals surface area contributed by atoms with E-state index in [0.29, 0.717) is 17.5 Å². The summed E-state index contributed by atoms with van der Waals surface area (Å²) in [6.45, 7) is 4.44. The number of nitrogens with one attached hydrogen (secondary N) is 1. The van der Waals surface area contributed by atoms with Gasteiger partial charge in [0.05, 0.1) is 11.4 Å². The fourth-order valence-corrected chi connectivity index (χ4v) is 2.84. The normalized spacial score (nSPS) is 26.2. The molecule has 1 saturated carbocycles. The van der Waals surface area contributed by atoms with Crippen molar-refractivity contribution in [3.05, 3.63) is 23.5 Å². The van der Waals surface area contributed by atoms with E-state index >= 15 is 0 Å². The Kier molecular flexibility index (Phi) is 4.16. The third-order valence-corrected chi connectivity index (χ3v) is 4.36. The number of carboxylic acid groups (broad SMARTS) is 1. The Balaban J connectivity index is 2.22. The summed E-state index contributed by atoms with van der Waals surface area (Å²) in [5, 5.41) is 12.4. The van der Waals surface area contributed by atoms with Crippen LogP contribution in [0, 0.1) is 17.7 Å². The van der Waals surface area contributed by atoms with Gasteiger partial charge in [-0.15, -0.1) is 0 Å². The monoisotopic (exact) mass is 280 g/mol. The average Bonchev–Trinajstić information content (AvgIpc) is 2.38. The van der Waals surface area contributed by atoms with E-state index in [1.54, 1.807) is 0 Å². The maximum Gasteiger partial charge on any atom is 0.340 e. The minimum atomic E-state index is -1.21. The maximum absolute atomic E-state index is 13.4. The van der Waals surface area contributed by atoms with Crippen molar-refractivity contribution in [2.45, 2.75) is 39.2 Å². The summed E-state index contributed by atoms with van der Waals surface area (Å²) in [5.41, 5.74) is 5.47. The first-order valence-corrected chi connectivity index (χ1v) is 6.98. The summed E-state index contributed by atoms with van der Waals surface area (Å²) in [5.74, 6) is -0.627. The number of rotatable bonds is 3. The van der Waals surface area contributed by atoms with Crippen LogP contribution in [0.1, 0.15) is 43.5 Å². The van der Waals surface area contributed by atoms with Crippen LogP contribution in [0.15, 0.2) is 12.1 Å². The SMILES string of the molecule is CC1CCC(Nc2ccc(F)c(N)c2C(=O)O)CC1C. The number of nitrogens with two attached hydrogens (primary N) is 1. The third-order valence-electron chi connectivity index (χ3n) is 4.36. The van der Waals surface area contributed by atoms with E-state index in [1.165, 1.54) is 12.1 Å². The predicted octanol–water partition coefficient (Wildman–Crippen LogP) is 3.34. The summed E-state index contributed by atoms with van der Waals surface area (Å²) in [7, 11) is 0. The topological polar surface area (TPSA) is 75.3 Å². The maximum atomic E-state index is 13.4. The van der Waals surface area contributed by atoms with Crippen LogP contribution in [-0.2, 0) is 0 Å². The van der Waals surface area contributed by atoms with Crippen LogP contribution in [0.2, 0.25) is 0 Å². The number of benzene rings is 1. The van der Waals surface area contributed by atoms with Crippen molar-refractivity contribution in [2.75, 3.05) is 11.1 Å². The highest BCUT2D eigenvalue weighted by Gasteiger charge is 2.26. The molecule has 0 bridgehead atoms. The van der Waals surface area contributed by atoms with Gasteiger partial charge in [0.25, 0.3) is 0 Å². The van der Waals surface area contributed by atoms with Gasteiger partial charge < -0.3 is 16.2 Å². The molecule has 0 radical (unpaired) electrons. The van der Waals surface area contributed by atoms with Gasteiger partial charge in [0, 0.05) is 6.04 Å². The second-order valence-electron chi connectivity index (χ2n) is 5.80. The molecule has 0 aliphatic heterocycles. The van der Waals surface area contributed by atoms with Gasteiger partial charge in [0.15, 0.2) is 0 Å². The molecule has 1 fully saturated rings. The number of anilines is 2. The summed E-state index contributed by atoms with van der Waals surface area (Å²) in [4.78, 5) is 11.3. The van der Waals surface area contributed by atoms with Gasteiger partial charge in [-0.05, 0) is 43.2 Å². The Morgan fingerprint density at radius 2 is 2.05 bits per heavy atom. The molecule has 1 aromatic rings. The molecule has 20 heavy (non-hydrogen) atoms. The van der Waals surface area contributed by atoms with E-state index in [2.05, 4.69) is 19.2 Å². The van der Waals surface area contributed by atoms with Gasteiger partial charge in [-0.1, -0.05) is 13.8 Å². The first-order chi connectivity index (χ1) is 9.40. The average molecular weight is 280 g/mol. The Hall–Kier alpha value is -1.78. The number of aromatic carboxylic acids is 1. The van der Waals surface area contributed by atoms with Crippen molar-refractivity contribution < 1.29 is 14.3 Å². The Morgan fingerprint density at radius 1 is 1.35 bits per heavy atom. The molecule has 4 nitrogen and oxygen atoms in total. The highest BCUT2D eigenvalue weighted by molar-refractivity contribution is 6.00. The van der Waals surface area contributed by atoms with E-state index < -0.39 is 11.8 Å². The largest absolute Gasteiger partial charge is 0.478 e. The van der Waals surface area contributed by atoms with Gasteiger partial charge in [-0.25, -0.2) is 9.18 Å². The van der Waals surface area contributed by atoms with Crippen LogP contribution in [0.5, 0.6) is 0 Å². The number of nitrogen functional groups attached to an aromatic ring is 1. The van der Waals surface area contributed by atoms with E-state index in [9.17, 15) is 14.3 Å². The van der Waals surface area contributed by atoms with Gasteiger partial charge >= 0.3 is 5.97 Å². The second kappa shape index (κ2) is 5.69. The van der Waals surface area contributed by atoms with Crippen LogP contribution in [0.3, 0.4) is 0 Å². The summed E-state index contributed by atoms with van der Waals surface area (Å²) in [6, 6.07) is 2.88. The van der Waals surface area contributed by atoms with Crippen molar-refractivity contribution >= 4 is 17.3 Å². The fraction of sp³-hybridized carbons (Fsp3) is 0.533. The zero-order chi connectivity index (χ0) is 14.9. The number of hydrogen-bond acceptors (Lipinski definition) is 3. The van der Waals surface area contributed by atoms with Crippen LogP contribution in [0.25, 0.3) is 0 Å². The van der Waals surface area contributed by atoms with Gasteiger partial charge in [0.1, 0.15) is 11.4 Å². The number of halogens is 1. The Morgan fingerprint density at radius 3 is 2.65 bits per heavy atom. The zero-order valence-corrected chi connectivity index (χ0v) is 11.8. The van der Waals surface area contributed by atoms with Crippen molar-refractivity contribution in [3.63, 3.8) is 0 Å². The van der Waals surface area contributed by atoms with E-state index in [1.807, 2.05) is 0 Å². The predicted molar refractivity (Wildman–Crippen MR) is 77.4 cm³/mol. The summed E-state index contributed by atoms with van der Waals surface area (Å²) < 4.78 is 13.4. The highest BCUT2D eigenvalue weighted by Crippen LogP contribution is 2.33. The second-order valence-corrected chi connectivity index (χ2v) is 5.80. The van der Waals surface area contributed by atoms with Gasteiger partial charge in [-0.3, -0.25) is 0 Å². The molecule has 3 atom stereocenters. The lowest BCUT2D eigenvalue weighted by Crippen LogP contribution is -2.31. The van der Waals surface area contributed by atoms with Crippen molar-refractivity contribution in [1.29, 1.82) is 0 Å². The third kappa shape index (κ3) is 2.86. The molecule has 1 aromatic carbocycles. The van der Waals surface area contributed by atoms with Gasteiger partial charge in [0.2, 0.25) is 0 Å². The van der Waals surface area contributed by atoms with Crippen LogP contribution in [-0.4, -0.2) is 17.1 Å². The van der Waals surface area contributed by atoms with E-state index in [0.717, 1.165) is 19.3 Å². The highest BCUT2D eigenvalue weighted by atomic mass is 19.1. The molecule has 1 aliphatic carbocycles. The standard InChI is InChI=1S/C15H21FN2O2/c1-8-3-4-10(7-9(8)2)18-12-6-5-11(16)14(17)13(12)15(19)20/h5-6,8-10,18H,3-4,7,17H2,1-2H3,(H,19,20). The number of hydrogen-bond donors (Lipinski definition) is 3. The zero-order valence-electron chi connectivity index (χ0n) is 11.8. The molecular weight excluding hydrogens is 259 g/mol. The molecule has 0 aromatic heterocycles. The minimum Gasteiger partial charge on any atom is -0.478 e. The molecule has 5 heteroatoms. The summed E-state index contributed by atoms with van der Waals surface area (Å²) in [6.07, 6.45) is 3.08. The lowest BCUT2D eigenvalue weighted by Gasteiger charge is -2.33. The van der Waals surface area contributed by atoms with Crippen molar-refractivity contribution in [2.24, 2.45) is 11.8 Å². The van der Waals surface area contributed by atoms with E-state index in [-0.39, 0.29) is 17.3 Å². The Bertz CT molecular complexity index is 519. The Labute approximate surface area is 118 Å². The van der Waals surface area contributed by atoms with E-state index in [4.69, 9.17) is 5.73 Å².